The van der Waals surface area contributed by atoms with Crippen LogP contribution in [-0.4, -0.2) is 83.2 Å². The van der Waals surface area contributed by atoms with Gasteiger partial charge in [-0.1, -0.05) is 0 Å². The van der Waals surface area contributed by atoms with Crippen molar-refractivity contribution in [1.82, 2.24) is 24.5 Å². The molecular formula is C29H47N5O. The highest BCUT2D eigenvalue weighted by atomic mass is 16.2. The Kier molecular flexibility index (Phi) is 6.49. The topological polar surface area (TPSA) is 44.6 Å². The predicted octanol–water partition coefficient (Wildman–Crippen LogP) is 4.08. The molecule has 1 unspecified atom stereocenters. The zero-order chi connectivity index (χ0) is 24.2. The van der Waals surface area contributed by atoms with E-state index in [1.807, 2.05) is 0 Å². The van der Waals surface area contributed by atoms with Crippen LogP contribution >= 0.6 is 0 Å². The number of aromatic nitrogens is 2. The SMILES string of the molecule is CCn1nc(C(=O)N2CCCN(C)CC2)c2c1CCC(N(C)CCC13CC4CC(CC(C4)C1)C3)C2. The zero-order valence-electron chi connectivity index (χ0n) is 22.5. The summed E-state index contributed by atoms with van der Waals surface area (Å²) in [5.74, 6) is 3.28. The van der Waals surface area contributed by atoms with E-state index in [1.54, 1.807) is 0 Å². The van der Waals surface area contributed by atoms with Crippen LogP contribution in [-0.2, 0) is 19.4 Å². The summed E-state index contributed by atoms with van der Waals surface area (Å²) in [6.07, 6.45) is 14.8. The molecule has 6 heteroatoms. The predicted molar refractivity (Wildman–Crippen MR) is 140 cm³/mol. The van der Waals surface area contributed by atoms with E-state index in [2.05, 4.69) is 40.4 Å². The minimum atomic E-state index is 0.167. The van der Waals surface area contributed by atoms with Gasteiger partial charge in [-0.25, -0.2) is 0 Å². The van der Waals surface area contributed by atoms with Gasteiger partial charge in [0.05, 0.1) is 0 Å². The second-order valence-electron chi connectivity index (χ2n) is 13.1. The smallest absolute Gasteiger partial charge is 0.274 e. The lowest BCUT2D eigenvalue weighted by molar-refractivity contribution is -0.0615. The summed E-state index contributed by atoms with van der Waals surface area (Å²) in [6.45, 7) is 7.93. The van der Waals surface area contributed by atoms with E-state index in [9.17, 15) is 4.79 Å². The second kappa shape index (κ2) is 9.48. The maximum absolute atomic E-state index is 13.6. The molecule has 1 amide bonds. The summed E-state index contributed by atoms with van der Waals surface area (Å²) in [7, 11) is 4.51. The molecule has 1 aromatic heterocycles. The van der Waals surface area contributed by atoms with Crippen LogP contribution in [0, 0.1) is 23.2 Å². The molecule has 5 aliphatic carbocycles. The molecule has 6 nitrogen and oxygen atoms in total. The minimum Gasteiger partial charge on any atom is -0.336 e. The van der Waals surface area contributed by atoms with Crippen molar-refractivity contribution < 1.29 is 4.79 Å². The Hall–Kier alpha value is -1.40. The lowest BCUT2D eigenvalue weighted by atomic mass is 9.49. The van der Waals surface area contributed by atoms with Gasteiger partial charge in [0.2, 0.25) is 0 Å². The lowest BCUT2D eigenvalue weighted by Gasteiger charge is -2.57. The van der Waals surface area contributed by atoms with Gasteiger partial charge in [-0.15, -0.1) is 0 Å². The van der Waals surface area contributed by atoms with Gasteiger partial charge in [0.15, 0.2) is 5.69 Å². The van der Waals surface area contributed by atoms with Crippen molar-refractivity contribution in [1.29, 1.82) is 0 Å². The average molecular weight is 482 g/mol. The van der Waals surface area contributed by atoms with Gasteiger partial charge in [0.1, 0.15) is 0 Å². The first-order valence-corrected chi connectivity index (χ1v) is 14.7. The highest BCUT2D eigenvalue weighted by Crippen LogP contribution is 2.61. The molecule has 1 aliphatic heterocycles. The Morgan fingerprint density at radius 3 is 2.46 bits per heavy atom. The van der Waals surface area contributed by atoms with Crippen molar-refractivity contribution in [3.05, 3.63) is 17.0 Å². The Morgan fingerprint density at radius 1 is 1.06 bits per heavy atom. The molecule has 4 bridgehead atoms. The van der Waals surface area contributed by atoms with Crippen LogP contribution in [0.5, 0.6) is 0 Å². The van der Waals surface area contributed by atoms with E-state index >= 15 is 0 Å². The van der Waals surface area contributed by atoms with E-state index < -0.39 is 0 Å². The number of carbonyl (C=O) groups excluding carboxylic acids is 1. The fourth-order valence-electron chi connectivity index (χ4n) is 9.07. The van der Waals surface area contributed by atoms with E-state index in [-0.39, 0.29) is 5.91 Å². The molecule has 6 aliphatic rings. The van der Waals surface area contributed by atoms with Gasteiger partial charge in [0.25, 0.3) is 5.91 Å². The molecule has 7 rings (SSSR count). The van der Waals surface area contributed by atoms with Crippen molar-refractivity contribution in [2.24, 2.45) is 23.2 Å². The van der Waals surface area contributed by atoms with Crippen LogP contribution in [0.3, 0.4) is 0 Å². The number of fused-ring (bicyclic) bond motifs is 1. The molecular weight excluding hydrogens is 434 g/mol. The van der Waals surface area contributed by atoms with Gasteiger partial charge < -0.3 is 14.7 Å². The molecule has 1 atom stereocenters. The van der Waals surface area contributed by atoms with Crippen LogP contribution in [0.1, 0.15) is 86.5 Å². The number of aryl methyl sites for hydroxylation is 1. The third kappa shape index (κ3) is 4.58. The first-order valence-electron chi connectivity index (χ1n) is 14.7. The van der Waals surface area contributed by atoms with E-state index in [0.29, 0.717) is 11.5 Å². The molecule has 4 saturated carbocycles. The van der Waals surface area contributed by atoms with Crippen molar-refractivity contribution in [2.45, 2.75) is 90.1 Å². The number of amides is 1. The molecule has 35 heavy (non-hydrogen) atoms. The molecule has 2 heterocycles. The van der Waals surface area contributed by atoms with Crippen molar-refractivity contribution >= 4 is 5.91 Å². The summed E-state index contributed by atoms with van der Waals surface area (Å²) in [5.41, 5.74) is 3.99. The van der Waals surface area contributed by atoms with Crippen molar-refractivity contribution in [3.63, 3.8) is 0 Å². The van der Waals surface area contributed by atoms with E-state index in [1.165, 1.54) is 69.2 Å². The Labute approximate surface area is 212 Å². The maximum atomic E-state index is 13.6. The number of nitrogens with zero attached hydrogens (tertiary/aromatic N) is 5. The van der Waals surface area contributed by atoms with Gasteiger partial charge in [0, 0.05) is 43.5 Å². The molecule has 5 fully saturated rings. The van der Waals surface area contributed by atoms with E-state index in [4.69, 9.17) is 5.10 Å². The fraction of sp³-hybridized carbons (Fsp3) is 0.862. The summed E-state index contributed by atoms with van der Waals surface area (Å²) >= 11 is 0. The fourth-order valence-corrected chi connectivity index (χ4v) is 9.07. The Bertz CT molecular complexity index is 902. The zero-order valence-corrected chi connectivity index (χ0v) is 22.5. The van der Waals surface area contributed by atoms with Gasteiger partial charge in [-0.05, 0) is 128 Å². The Balaban J connectivity index is 1.14. The summed E-state index contributed by atoms with van der Waals surface area (Å²) in [6, 6.07) is 0.535. The first-order chi connectivity index (χ1) is 16.9. The lowest BCUT2D eigenvalue weighted by Crippen LogP contribution is -2.48. The second-order valence-corrected chi connectivity index (χ2v) is 13.1. The van der Waals surface area contributed by atoms with Gasteiger partial charge >= 0.3 is 0 Å². The molecule has 0 N–H and O–H groups in total. The monoisotopic (exact) mass is 481 g/mol. The number of hydrogen-bond acceptors (Lipinski definition) is 4. The number of likely N-dealkylation sites (N-methyl/N-ethyl adjacent to an activating group) is 2. The summed E-state index contributed by atoms with van der Waals surface area (Å²) < 4.78 is 2.12. The van der Waals surface area contributed by atoms with Crippen LogP contribution in [0.25, 0.3) is 0 Å². The highest BCUT2D eigenvalue weighted by Gasteiger charge is 2.50. The molecule has 0 aromatic carbocycles. The van der Waals surface area contributed by atoms with Crippen molar-refractivity contribution in [2.75, 3.05) is 46.8 Å². The quantitative estimate of drug-likeness (QED) is 0.614. The molecule has 194 valence electrons. The largest absolute Gasteiger partial charge is 0.336 e. The third-order valence-electron chi connectivity index (χ3n) is 10.6. The van der Waals surface area contributed by atoms with Crippen LogP contribution < -0.4 is 0 Å². The average Bonchev–Trinajstić information content (AvgIpc) is 3.07. The van der Waals surface area contributed by atoms with Crippen LogP contribution in [0.4, 0.5) is 0 Å². The first kappa shape index (κ1) is 24.0. The molecule has 1 saturated heterocycles. The summed E-state index contributed by atoms with van der Waals surface area (Å²) in [5, 5.41) is 4.90. The van der Waals surface area contributed by atoms with Crippen LogP contribution in [0.2, 0.25) is 0 Å². The minimum absolute atomic E-state index is 0.167. The summed E-state index contributed by atoms with van der Waals surface area (Å²) in [4.78, 5) is 20.7. The van der Waals surface area contributed by atoms with E-state index in [0.717, 1.165) is 75.4 Å². The molecule has 0 spiro atoms. The maximum Gasteiger partial charge on any atom is 0.274 e. The van der Waals surface area contributed by atoms with Gasteiger partial charge in [-0.3, -0.25) is 9.48 Å². The normalized spacial score (nSPS) is 34.9. The Morgan fingerprint density at radius 2 is 1.77 bits per heavy atom. The standard InChI is InChI=1S/C29H47N5O/c1-4-34-26-7-6-24(17-25(26)27(30-34)28(35)33-10-5-9-31(2)12-13-33)32(3)11-8-29-18-21-14-22(19-29)16-23(15-21)20-29/h21-24H,4-20H2,1-3H3. The molecule has 1 aromatic rings. The third-order valence-corrected chi connectivity index (χ3v) is 10.6. The van der Waals surface area contributed by atoms with Crippen LogP contribution in [0.15, 0.2) is 0 Å². The number of hydrogen-bond donors (Lipinski definition) is 0. The van der Waals surface area contributed by atoms with Crippen molar-refractivity contribution in [3.8, 4) is 0 Å². The number of carbonyl (C=O) groups is 1. The highest BCUT2D eigenvalue weighted by molar-refractivity contribution is 5.94. The molecule has 0 radical (unpaired) electrons. The number of rotatable bonds is 6. The van der Waals surface area contributed by atoms with Gasteiger partial charge in [-0.2, -0.15) is 5.10 Å².